The lowest BCUT2D eigenvalue weighted by atomic mass is 10.0. The van der Waals surface area contributed by atoms with Gasteiger partial charge in [0, 0.05) is 11.6 Å². The summed E-state index contributed by atoms with van der Waals surface area (Å²) < 4.78 is 5.14. The highest BCUT2D eigenvalue weighted by atomic mass is 16.6. The zero-order chi connectivity index (χ0) is 18.6. The Morgan fingerprint density at radius 3 is 2.76 bits per heavy atom. The van der Waals surface area contributed by atoms with Crippen LogP contribution >= 0.6 is 0 Å². The van der Waals surface area contributed by atoms with E-state index in [4.69, 9.17) is 4.42 Å². The van der Waals surface area contributed by atoms with Crippen molar-refractivity contribution in [3.05, 3.63) is 63.6 Å². The Labute approximate surface area is 145 Å². The quantitative estimate of drug-likeness (QED) is 0.548. The molecule has 0 aliphatic rings. The molecular weight excluding hydrogens is 326 g/mol. The first kappa shape index (κ1) is 18.5. The summed E-state index contributed by atoms with van der Waals surface area (Å²) in [5.41, 5.74) is -0.162. The van der Waals surface area contributed by atoms with Gasteiger partial charge in [-0.2, -0.15) is 0 Å². The number of amides is 2. The zero-order valence-corrected chi connectivity index (χ0v) is 14.3. The zero-order valence-electron chi connectivity index (χ0n) is 14.3. The second-order valence-electron chi connectivity index (χ2n) is 6.10. The topological polar surface area (TPSA) is 118 Å². The van der Waals surface area contributed by atoms with Crippen molar-refractivity contribution >= 4 is 11.7 Å². The van der Waals surface area contributed by atoms with Gasteiger partial charge in [0.1, 0.15) is 11.4 Å². The minimum atomic E-state index is -1.34. The van der Waals surface area contributed by atoms with Crippen molar-refractivity contribution in [1.82, 2.24) is 10.6 Å². The molecule has 8 heteroatoms. The predicted octanol–water partition coefficient (Wildman–Crippen LogP) is 2.76. The molecule has 25 heavy (non-hydrogen) atoms. The number of carbonyl (C=O) groups excluding carboxylic acids is 1. The average Bonchev–Trinajstić information content (AvgIpc) is 3.08. The maximum Gasteiger partial charge on any atom is 0.315 e. The van der Waals surface area contributed by atoms with Crippen LogP contribution in [0.4, 0.5) is 10.5 Å². The number of nitrogens with one attached hydrogen (secondary N) is 2. The molecule has 3 N–H and O–H groups in total. The van der Waals surface area contributed by atoms with E-state index >= 15 is 0 Å². The first-order chi connectivity index (χ1) is 11.7. The minimum absolute atomic E-state index is 0.00677. The van der Waals surface area contributed by atoms with Crippen LogP contribution in [0.2, 0.25) is 0 Å². The molecule has 0 saturated heterocycles. The number of benzene rings is 1. The van der Waals surface area contributed by atoms with Crippen LogP contribution < -0.4 is 10.6 Å². The van der Waals surface area contributed by atoms with E-state index in [0.29, 0.717) is 16.9 Å². The molecule has 2 aromatic rings. The second-order valence-corrected chi connectivity index (χ2v) is 6.10. The highest BCUT2D eigenvalue weighted by Crippen LogP contribution is 2.23. The van der Waals surface area contributed by atoms with Crippen LogP contribution in [-0.2, 0) is 5.60 Å². The van der Waals surface area contributed by atoms with Crippen molar-refractivity contribution < 1.29 is 19.2 Å². The van der Waals surface area contributed by atoms with Gasteiger partial charge >= 0.3 is 6.03 Å². The smallest absolute Gasteiger partial charge is 0.315 e. The summed E-state index contributed by atoms with van der Waals surface area (Å²) in [5.74, 6) is 0.343. The fourth-order valence-corrected chi connectivity index (χ4v) is 2.35. The fourth-order valence-electron chi connectivity index (χ4n) is 2.35. The summed E-state index contributed by atoms with van der Waals surface area (Å²) in [7, 11) is 0. The molecule has 0 fully saturated rings. The monoisotopic (exact) mass is 347 g/mol. The summed E-state index contributed by atoms with van der Waals surface area (Å²) >= 11 is 0. The molecule has 0 aliphatic carbocycles. The number of nitrogens with zero attached hydrogens (tertiary/aromatic N) is 1. The molecule has 1 aromatic heterocycles. The molecule has 2 amide bonds. The van der Waals surface area contributed by atoms with Crippen molar-refractivity contribution in [2.45, 2.75) is 32.4 Å². The standard InChI is InChI=1S/C17H21N3O5/c1-11-6-7-13(9-14(11)20(23)24)12(2)19-16(21)18-10-17(3,22)15-5-4-8-25-15/h4-9,12,22H,10H2,1-3H3,(H2,18,19,21)/t12-,17-/m0/s1. The van der Waals surface area contributed by atoms with Crippen LogP contribution in [0, 0.1) is 17.0 Å². The van der Waals surface area contributed by atoms with Crippen molar-refractivity contribution in [1.29, 1.82) is 0 Å². The van der Waals surface area contributed by atoms with Crippen LogP contribution in [0.3, 0.4) is 0 Å². The highest BCUT2D eigenvalue weighted by molar-refractivity contribution is 5.74. The second kappa shape index (κ2) is 7.35. The Morgan fingerprint density at radius 1 is 1.44 bits per heavy atom. The summed E-state index contributed by atoms with van der Waals surface area (Å²) in [6, 6.07) is 7.15. The van der Waals surface area contributed by atoms with Crippen LogP contribution in [0.5, 0.6) is 0 Å². The third-order valence-electron chi connectivity index (χ3n) is 3.92. The van der Waals surface area contributed by atoms with Gasteiger partial charge in [0.05, 0.1) is 23.8 Å². The van der Waals surface area contributed by atoms with Gasteiger partial charge in [-0.25, -0.2) is 4.79 Å². The highest BCUT2D eigenvalue weighted by Gasteiger charge is 2.27. The third-order valence-corrected chi connectivity index (χ3v) is 3.92. The van der Waals surface area contributed by atoms with Crippen molar-refractivity contribution in [3.8, 4) is 0 Å². The SMILES string of the molecule is Cc1ccc([C@H](C)NC(=O)NC[C@](C)(O)c2ccco2)cc1[N+](=O)[O-]. The Bertz CT molecular complexity index is 756. The van der Waals surface area contributed by atoms with Crippen molar-refractivity contribution in [2.24, 2.45) is 0 Å². The normalized spacial score (nSPS) is 14.4. The van der Waals surface area contributed by atoms with Crippen LogP contribution in [0.15, 0.2) is 41.0 Å². The number of aryl methyl sites for hydroxylation is 1. The van der Waals surface area contributed by atoms with Crippen LogP contribution in [0.25, 0.3) is 0 Å². The third kappa shape index (κ3) is 4.57. The molecule has 0 radical (unpaired) electrons. The van der Waals surface area contributed by atoms with E-state index in [1.54, 1.807) is 38.1 Å². The number of hydrogen-bond donors (Lipinski definition) is 3. The maximum atomic E-state index is 12.0. The van der Waals surface area contributed by atoms with Crippen molar-refractivity contribution in [2.75, 3.05) is 6.54 Å². The number of furan rings is 1. The van der Waals surface area contributed by atoms with E-state index in [9.17, 15) is 20.0 Å². The van der Waals surface area contributed by atoms with Gasteiger partial charge in [-0.05, 0) is 38.5 Å². The molecule has 2 rings (SSSR count). The summed E-state index contributed by atoms with van der Waals surface area (Å²) in [4.78, 5) is 22.6. The summed E-state index contributed by atoms with van der Waals surface area (Å²) in [6.45, 7) is 4.86. The number of carbonyl (C=O) groups is 1. The van der Waals surface area contributed by atoms with Gasteiger partial charge < -0.3 is 20.2 Å². The first-order valence-corrected chi connectivity index (χ1v) is 7.76. The molecule has 0 unspecified atom stereocenters. The van der Waals surface area contributed by atoms with Gasteiger partial charge in [0.15, 0.2) is 0 Å². The van der Waals surface area contributed by atoms with Crippen LogP contribution in [-0.4, -0.2) is 22.6 Å². The van der Waals surface area contributed by atoms with E-state index in [1.165, 1.54) is 19.3 Å². The van der Waals surface area contributed by atoms with Gasteiger partial charge in [-0.15, -0.1) is 0 Å². The molecule has 8 nitrogen and oxygen atoms in total. The van der Waals surface area contributed by atoms with Gasteiger partial charge in [0.2, 0.25) is 0 Å². The molecule has 1 heterocycles. The molecule has 0 spiro atoms. The van der Waals surface area contributed by atoms with Crippen LogP contribution in [0.1, 0.15) is 36.8 Å². The Hall–Kier alpha value is -2.87. The van der Waals surface area contributed by atoms with E-state index in [0.717, 1.165) is 0 Å². The Kier molecular flexibility index (Phi) is 5.43. The van der Waals surface area contributed by atoms with Crippen molar-refractivity contribution in [3.63, 3.8) is 0 Å². The number of urea groups is 1. The molecule has 0 saturated carbocycles. The molecule has 0 aliphatic heterocycles. The Balaban J connectivity index is 1.96. The fraction of sp³-hybridized carbons (Fsp3) is 0.353. The van der Waals surface area contributed by atoms with Gasteiger partial charge in [-0.1, -0.05) is 12.1 Å². The molecule has 2 atom stereocenters. The lowest BCUT2D eigenvalue weighted by molar-refractivity contribution is -0.385. The number of nitro benzene ring substituents is 1. The minimum Gasteiger partial charge on any atom is -0.466 e. The molecule has 1 aromatic carbocycles. The Morgan fingerprint density at radius 2 is 2.16 bits per heavy atom. The van der Waals surface area contributed by atoms with E-state index in [2.05, 4.69) is 10.6 Å². The maximum absolute atomic E-state index is 12.0. The number of rotatable bonds is 6. The van der Waals surface area contributed by atoms with Gasteiger partial charge in [-0.3, -0.25) is 10.1 Å². The summed E-state index contributed by atoms with van der Waals surface area (Å²) in [5, 5.41) is 26.6. The van der Waals surface area contributed by atoms with E-state index in [1.807, 2.05) is 0 Å². The average molecular weight is 347 g/mol. The first-order valence-electron chi connectivity index (χ1n) is 7.76. The lowest BCUT2D eigenvalue weighted by Crippen LogP contribution is -2.44. The lowest BCUT2D eigenvalue weighted by Gasteiger charge is -2.22. The molecule has 0 bridgehead atoms. The largest absolute Gasteiger partial charge is 0.466 e. The van der Waals surface area contributed by atoms with Gasteiger partial charge in [0.25, 0.3) is 5.69 Å². The molecular formula is C17H21N3O5. The molecule has 134 valence electrons. The van der Waals surface area contributed by atoms with E-state index < -0.39 is 22.6 Å². The number of nitro groups is 1. The van der Waals surface area contributed by atoms with E-state index in [-0.39, 0.29) is 12.2 Å². The number of hydrogen-bond acceptors (Lipinski definition) is 5. The predicted molar refractivity (Wildman–Crippen MR) is 91.1 cm³/mol. The number of aliphatic hydroxyl groups is 1. The summed E-state index contributed by atoms with van der Waals surface area (Å²) in [6.07, 6.45) is 1.44.